The molecule has 0 aliphatic carbocycles. The van der Waals surface area contributed by atoms with Gasteiger partial charge in [-0.25, -0.2) is 9.37 Å². The predicted octanol–water partition coefficient (Wildman–Crippen LogP) is 4.29. The largest absolute Gasteiger partial charge is 0.249 e. The van der Waals surface area contributed by atoms with Crippen molar-refractivity contribution in [3.8, 4) is 0 Å². The molecule has 0 radical (unpaired) electrons. The normalized spacial score (nSPS) is 11.1. The predicted molar refractivity (Wildman–Crippen MR) is 66.9 cm³/mol. The monoisotopic (exact) mass is 275 g/mol. The molecule has 3 rings (SSSR count). The molecule has 3 aromatic rings. The Morgan fingerprint density at radius 3 is 2.62 bits per heavy atom. The van der Waals surface area contributed by atoms with E-state index in [1.165, 1.54) is 6.07 Å². The van der Waals surface area contributed by atoms with Crippen LogP contribution in [0, 0.1) is 5.82 Å². The van der Waals surface area contributed by atoms with E-state index in [0.29, 0.717) is 0 Å². The second-order valence-corrected chi connectivity index (χ2v) is 4.38. The van der Waals surface area contributed by atoms with Gasteiger partial charge in [-0.15, -0.1) is 0 Å². The molecule has 0 aliphatic rings. The molecule has 0 N–H and O–H groups in total. The third-order valence-corrected chi connectivity index (χ3v) is 3.31. The Kier molecular flexibility index (Phi) is 2.14. The molecule has 0 saturated carbocycles. The quantitative estimate of drug-likeness (QED) is 0.441. The molecule has 0 saturated heterocycles. The van der Waals surface area contributed by atoms with E-state index >= 15 is 0 Å². The molecule has 0 bridgehead atoms. The van der Waals surface area contributed by atoms with E-state index in [1.807, 2.05) is 18.2 Å². The second kappa shape index (κ2) is 3.52. The zero-order chi connectivity index (χ0) is 11.1. The van der Waals surface area contributed by atoms with Crippen LogP contribution in [0.4, 0.5) is 4.39 Å². The molecule has 78 valence electrons. The lowest BCUT2D eigenvalue weighted by Crippen LogP contribution is -1.82. The van der Waals surface area contributed by atoms with E-state index in [2.05, 4.69) is 20.9 Å². The zero-order valence-corrected chi connectivity index (χ0v) is 9.83. The lowest BCUT2D eigenvalue weighted by atomic mass is 10.0. The van der Waals surface area contributed by atoms with Gasteiger partial charge in [0.2, 0.25) is 0 Å². The summed E-state index contributed by atoms with van der Waals surface area (Å²) in [6, 6.07) is 10.6. The van der Waals surface area contributed by atoms with Gasteiger partial charge >= 0.3 is 0 Å². The van der Waals surface area contributed by atoms with E-state index < -0.39 is 0 Å². The number of pyridine rings is 1. The molecule has 1 heterocycles. The summed E-state index contributed by atoms with van der Waals surface area (Å²) in [6.45, 7) is 0. The Balaban J connectivity index is 2.55. The number of aromatic nitrogens is 1. The van der Waals surface area contributed by atoms with Crippen LogP contribution in [0.15, 0.2) is 47.2 Å². The van der Waals surface area contributed by atoms with Crippen LogP contribution in [-0.4, -0.2) is 4.98 Å². The molecule has 2 aromatic carbocycles. The van der Waals surface area contributed by atoms with Crippen LogP contribution in [0.3, 0.4) is 0 Å². The fourth-order valence-corrected chi connectivity index (χ4v) is 2.39. The molecular weight excluding hydrogens is 269 g/mol. The minimum Gasteiger partial charge on any atom is -0.249 e. The Bertz CT molecular complexity index is 694. The Morgan fingerprint density at radius 2 is 1.75 bits per heavy atom. The van der Waals surface area contributed by atoms with Gasteiger partial charge in [-0.3, -0.25) is 0 Å². The summed E-state index contributed by atoms with van der Waals surface area (Å²) in [4.78, 5) is 4.17. The van der Waals surface area contributed by atoms with Gasteiger partial charge in [0.15, 0.2) is 0 Å². The summed E-state index contributed by atoms with van der Waals surface area (Å²) < 4.78 is 13.9. The molecule has 0 aliphatic heterocycles. The smallest absolute Gasteiger partial charge is 0.123 e. The first-order valence-electron chi connectivity index (χ1n) is 4.88. The van der Waals surface area contributed by atoms with Gasteiger partial charge in [-0.2, -0.15) is 0 Å². The molecule has 0 spiro atoms. The highest BCUT2D eigenvalue weighted by molar-refractivity contribution is 9.10. The molecular formula is C13H7BrFN. The van der Waals surface area contributed by atoms with Crippen molar-refractivity contribution in [2.45, 2.75) is 0 Å². The van der Waals surface area contributed by atoms with Crippen LogP contribution in [0.5, 0.6) is 0 Å². The van der Waals surface area contributed by atoms with Crippen LogP contribution in [0.2, 0.25) is 0 Å². The number of rotatable bonds is 0. The van der Waals surface area contributed by atoms with Crippen molar-refractivity contribution in [3.63, 3.8) is 0 Å². The molecule has 0 amide bonds. The van der Waals surface area contributed by atoms with Gasteiger partial charge in [0.05, 0.1) is 0 Å². The van der Waals surface area contributed by atoms with E-state index in [1.54, 1.807) is 18.3 Å². The molecule has 16 heavy (non-hydrogen) atoms. The highest BCUT2D eigenvalue weighted by Gasteiger charge is 2.04. The van der Waals surface area contributed by atoms with Crippen molar-refractivity contribution in [2.24, 2.45) is 0 Å². The topological polar surface area (TPSA) is 12.9 Å². The molecule has 3 heteroatoms. The maximum absolute atomic E-state index is 13.1. The lowest BCUT2D eigenvalue weighted by molar-refractivity contribution is 0.630. The molecule has 1 aromatic heterocycles. The van der Waals surface area contributed by atoms with Crippen molar-refractivity contribution >= 4 is 37.5 Å². The van der Waals surface area contributed by atoms with Gasteiger partial charge in [-0.05, 0) is 50.3 Å². The van der Waals surface area contributed by atoms with Crippen molar-refractivity contribution in [1.29, 1.82) is 0 Å². The number of hydrogen-bond acceptors (Lipinski definition) is 1. The summed E-state index contributed by atoms with van der Waals surface area (Å²) in [7, 11) is 0. The number of fused-ring (bicyclic) bond motifs is 3. The SMILES string of the molecule is Fc1ccc2c(ccc3c(Br)nccc32)c1. The molecule has 0 atom stereocenters. The summed E-state index contributed by atoms with van der Waals surface area (Å²) in [5, 5.41) is 4.08. The van der Waals surface area contributed by atoms with Gasteiger partial charge in [0, 0.05) is 11.6 Å². The van der Waals surface area contributed by atoms with E-state index in [9.17, 15) is 4.39 Å². The van der Waals surface area contributed by atoms with E-state index in [-0.39, 0.29) is 5.82 Å². The summed E-state index contributed by atoms with van der Waals surface area (Å²) in [5.74, 6) is -0.208. The maximum Gasteiger partial charge on any atom is 0.123 e. The molecule has 1 nitrogen and oxygen atoms in total. The average Bonchev–Trinajstić information content (AvgIpc) is 2.28. The Hall–Kier alpha value is -1.48. The van der Waals surface area contributed by atoms with Crippen molar-refractivity contribution in [1.82, 2.24) is 4.98 Å². The molecule has 0 unspecified atom stereocenters. The summed E-state index contributed by atoms with van der Waals surface area (Å²) in [6.07, 6.45) is 1.75. The van der Waals surface area contributed by atoms with Gasteiger partial charge in [0.1, 0.15) is 10.4 Å². The van der Waals surface area contributed by atoms with E-state index in [0.717, 1.165) is 26.1 Å². The van der Waals surface area contributed by atoms with Crippen molar-refractivity contribution < 1.29 is 4.39 Å². The summed E-state index contributed by atoms with van der Waals surface area (Å²) in [5.41, 5.74) is 0. The highest BCUT2D eigenvalue weighted by atomic mass is 79.9. The fraction of sp³-hybridized carbons (Fsp3) is 0. The average molecular weight is 276 g/mol. The first kappa shape index (κ1) is 9.73. The fourth-order valence-electron chi connectivity index (χ4n) is 1.93. The third kappa shape index (κ3) is 1.39. The number of halogens is 2. The number of benzene rings is 2. The zero-order valence-electron chi connectivity index (χ0n) is 8.24. The Labute approximate surface area is 100 Å². The standard InChI is InChI=1S/C13H7BrFN/c14-13-12-3-1-8-7-9(15)2-4-10(8)11(12)5-6-16-13/h1-7H. The number of hydrogen-bond donors (Lipinski definition) is 0. The van der Waals surface area contributed by atoms with Crippen LogP contribution in [0.25, 0.3) is 21.5 Å². The maximum atomic E-state index is 13.1. The van der Waals surface area contributed by atoms with Crippen LogP contribution >= 0.6 is 15.9 Å². The minimum atomic E-state index is -0.208. The lowest BCUT2D eigenvalue weighted by Gasteiger charge is -2.04. The van der Waals surface area contributed by atoms with Gasteiger partial charge in [0.25, 0.3) is 0 Å². The first-order valence-corrected chi connectivity index (χ1v) is 5.67. The summed E-state index contributed by atoms with van der Waals surface area (Å²) >= 11 is 3.41. The number of nitrogens with zero attached hydrogens (tertiary/aromatic N) is 1. The second-order valence-electron chi connectivity index (χ2n) is 3.63. The highest BCUT2D eigenvalue weighted by Crippen LogP contribution is 2.29. The van der Waals surface area contributed by atoms with E-state index in [4.69, 9.17) is 0 Å². The van der Waals surface area contributed by atoms with Crippen LogP contribution in [0.1, 0.15) is 0 Å². The van der Waals surface area contributed by atoms with Crippen LogP contribution < -0.4 is 0 Å². The molecule has 0 fully saturated rings. The minimum absolute atomic E-state index is 0.208. The third-order valence-electron chi connectivity index (χ3n) is 2.67. The van der Waals surface area contributed by atoms with Gasteiger partial charge < -0.3 is 0 Å². The van der Waals surface area contributed by atoms with Crippen molar-refractivity contribution in [3.05, 3.63) is 53.0 Å². The Morgan fingerprint density at radius 1 is 0.938 bits per heavy atom. The first-order chi connectivity index (χ1) is 7.75. The van der Waals surface area contributed by atoms with Crippen molar-refractivity contribution in [2.75, 3.05) is 0 Å². The van der Waals surface area contributed by atoms with Crippen LogP contribution in [-0.2, 0) is 0 Å². The van der Waals surface area contributed by atoms with Gasteiger partial charge in [-0.1, -0.05) is 18.2 Å².